The molecular formula is C15H13N3O. The summed E-state index contributed by atoms with van der Waals surface area (Å²) in [6.45, 7) is 2.05. The molecular weight excluding hydrogens is 238 g/mol. The molecule has 0 saturated carbocycles. The zero-order chi connectivity index (χ0) is 13.2. The van der Waals surface area contributed by atoms with Crippen molar-refractivity contribution in [2.24, 2.45) is 0 Å². The minimum atomic E-state index is 0.668. The third-order valence-electron chi connectivity index (χ3n) is 3.00. The molecule has 0 spiro atoms. The molecule has 2 N–H and O–H groups in total. The number of imidazole rings is 1. The number of carbonyl (C=O) groups is 1. The summed E-state index contributed by atoms with van der Waals surface area (Å²) in [5, 5.41) is 2.64. The van der Waals surface area contributed by atoms with E-state index in [-0.39, 0.29) is 0 Å². The molecule has 0 bridgehead atoms. The number of rotatable bonds is 3. The number of fused-ring (bicyclic) bond motifs is 1. The van der Waals surface area contributed by atoms with Gasteiger partial charge in [0.25, 0.3) is 0 Å². The largest absolute Gasteiger partial charge is 0.338 e. The minimum absolute atomic E-state index is 0.668. The topological polar surface area (TPSA) is 57.8 Å². The number of nitrogens with one attached hydrogen (secondary N) is 2. The lowest BCUT2D eigenvalue weighted by Crippen LogP contribution is -1.93. The highest BCUT2D eigenvalue weighted by molar-refractivity contribution is 5.81. The highest BCUT2D eigenvalue weighted by atomic mass is 16.1. The number of nitrogens with zero attached hydrogens (tertiary/aromatic N) is 1. The number of anilines is 1. The molecule has 4 nitrogen and oxygen atoms in total. The quantitative estimate of drug-likeness (QED) is 0.703. The lowest BCUT2D eigenvalue weighted by atomic mass is 10.2. The molecule has 1 heterocycles. The molecule has 0 saturated heterocycles. The fourth-order valence-corrected chi connectivity index (χ4v) is 2.08. The van der Waals surface area contributed by atoms with Crippen LogP contribution in [0.3, 0.4) is 0 Å². The molecule has 19 heavy (non-hydrogen) atoms. The SMILES string of the molecule is Cc1ccc2nc(-c3cccc(NC=O)c3)[nH]c2c1. The number of benzene rings is 2. The van der Waals surface area contributed by atoms with Gasteiger partial charge in [0.2, 0.25) is 6.41 Å². The molecule has 0 unspecified atom stereocenters. The second-order valence-electron chi connectivity index (χ2n) is 4.45. The van der Waals surface area contributed by atoms with Crippen LogP contribution in [-0.2, 0) is 4.79 Å². The lowest BCUT2D eigenvalue weighted by molar-refractivity contribution is -0.105. The maximum atomic E-state index is 10.5. The summed E-state index contributed by atoms with van der Waals surface area (Å²) in [5.74, 6) is 0.801. The predicted octanol–water partition coefficient (Wildman–Crippen LogP) is 3.11. The van der Waals surface area contributed by atoms with Crippen molar-refractivity contribution in [3.8, 4) is 11.4 Å². The molecule has 3 rings (SSSR count). The Labute approximate surface area is 110 Å². The number of hydrogen-bond acceptors (Lipinski definition) is 2. The van der Waals surface area contributed by atoms with Crippen LogP contribution in [0.5, 0.6) is 0 Å². The van der Waals surface area contributed by atoms with Gasteiger partial charge in [-0.3, -0.25) is 4.79 Å². The van der Waals surface area contributed by atoms with Gasteiger partial charge < -0.3 is 10.3 Å². The Hall–Kier alpha value is -2.62. The van der Waals surface area contributed by atoms with Gasteiger partial charge in [0.15, 0.2) is 0 Å². The number of amides is 1. The summed E-state index contributed by atoms with van der Waals surface area (Å²) in [6.07, 6.45) is 0.668. The first kappa shape index (κ1) is 11.5. The second kappa shape index (κ2) is 4.57. The van der Waals surface area contributed by atoms with Gasteiger partial charge in [0, 0.05) is 11.3 Å². The molecule has 94 valence electrons. The maximum Gasteiger partial charge on any atom is 0.211 e. The number of aryl methyl sites for hydroxylation is 1. The van der Waals surface area contributed by atoms with Crippen LogP contribution in [0.25, 0.3) is 22.4 Å². The Morgan fingerprint density at radius 1 is 1.21 bits per heavy atom. The van der Waals surface area contributed by atoms with Crippen molar-refractivity contribution < 1.29 is 4.79 Å². The van der Waals surface area contributed by atoms with Crippen LogP contribution in [0.4, 0.5) is 5.69 Å². The van der Waals surface area contributed by atoms with Crippen molar-refractivity contribution >= 4 is 23.1 Å². The van der Waals surface area contributed by atoms with Crippen LogP contribution in [0.1, 0.15) is 5.56 Å². The minimum Gasteiger partial charge on any atom is -0.338 e. The van der Waals surface area contributed by atoms with Crippen LogP contribution in [0, 0.1) is 6.92 Å². The van der Waals surface area contributed by atoms with E-state index in [9.17, 15) is 4.79 Å². The van der Waals surface area contributed by atoms with E-state index in [1.54, 1.807) is 0 Å². The first-order valence-corrected chi connectivity index (χ1v) is 6.03. The van der Waals surface area contributed by atoms with Gasteiger partial charge in [-0.25, -0.2) is 4.98 Å². The predicted molar refractivity (Wildman–Crippen MR) is 76.0 cm³/mol. The summed E-state index contributed by atoms with van der Waals surface area (Å²) in [4.78, 5) is 18.3. The molecule has 1 aromatic heterocycles. The standard InChI is InChI=1S/C15H13N3O/c1-10-5-6-13-14(7-10)18-15(17-13)11-3-2-4-12(8-11)16-9-19/h2-9H,1H3,(H,16,19)(H,17,18). The van der Waals surface area contributed by atoms with Crippen LogP contribution in [-0.4, -0.2) is 16.4 Å². The van der Waals surface area contributed by atoms with E-state index in [0.717, 1.165) is 28.1 Å². The van der Waals surface area contributed by atoms with Crippen LogP contribution < -0.4 is 5.32 Å². The average Bonchev–Trinajstić information content (AvgIpc) is 2.82. The summed E-state index contributed by atoms with van der Waals surface area (Å²) >= 11 is 0. The van der Waals surface area contributed by atoms with E-state index in [4.69, 9.17) is 0 Å². The smallest absolute Gasteiger partial charge is 0.211 e. The zero-order valence-corrected chi connectivity index (χ0v) is 10.5. The summed E-state index contributed by atoms with van der Waals surface area (Å²) in [7, 11) is 0. The second-order valence-corrected chi connectivity index (χ2v) is 4.45. The van der Waals surface area contributed by atoms with Gasteiger partial charge in [0.05, 0.1) is 11.0 Å². The Morgan fingerprint density at radius 2 is 2.11 bits per heavy atom. The number of carbonyl (C=O) groups excluding carboxylic acids is 1. The molecule has 4 heteroatoms. The third-order valence-corrected chi connectivity index (χ3v) is 3.00. The Kier molecular flexibility index (Phi) is 2.76. The van der Waals surface area contributed by atoms with Crippen LogP contribution in [0.2, 0.25) is 0 Å². The molecule has 2 aromatic carbocycles. The normalized spacial score (nSPS) is 10.6. The van der Waals surface area contributed by atoms with Crippen molar-refractivity contribution in [2.75, 3.05) is 5.32 Å². The molecule has 0 aliphatic carbocycles. The highest BCUT2D eigenvalue weighted by Crippen LogP contribution is 2.23. The van der Waals surface area contributed by atoms with Gasteiger partial charge in [-0.1, -0.05) is 18.2 Å². The maximum absolute atomic E-state index is 10.5. The molecule has 1 amide bonds. The molecule has 0 fully saturated rings. The first-order chi connectivity index (χ1) is 9.26. The number of aromatic nitrogens is 2. The molecule has 3 aromatic rings. The van der Waals surface area contributed by atoms with Crippen molar-refractivity contribution in [2.45, 2.75) is 6.92 Å². The number of H-pyrrole nitrogens is 1. The molecule has 0 aliphatic heterocycles. The lowest BCUT2D eigenvalue weighted by Gasteiger charge is -2.00. The van der Waals surface area contributed by atoms with Gasteiger partial charge in [-0.05, 0) is 36.8 Å². The summed E-state index contributed by atoms with van der Waals surface area (Å²) in [6, 6.07) is 13.7. The fourth-order valence-electron chi connectivity index (χ4n) is 2.08. The van der Waals surface area contributed by atoms with Crippen molar-refractivity contribution in [3.05, 3.63) is 48.0 Å². The third kappa shape index (κ3) is 2.20. The highest BCUT2D eigenvalue weighted by Gasteiger charge is 2.05. The van der Waals surface area contributed by atoms with Gasteiger partial charge in [0.1, 0.15) is 5.82 Å². The van der Waals surface area contributed by atoms with E-state index in [1.807, 2.05) is 36.4 Å². The van der Waals surface area contributed by atoms with E-state index in [1.165, 1.54) is 5.56 Å². The average molecular weight is 251 g/mol. The molecule has 0 radical (unpaired) electrons. The molecule has 0 aliphatic rings. The van der Waals surface area contributed by atoms with Crippen LogP contribution >= 0.6 is 0 Å². The zero-order valence-electron chi connectivity index (χ0n) is 10.5. The van der Waals surface area contributed by atoms with Crippen molar-refractivity contribution in [1.29, 1.82) is 0 Å². The van der Waals surface area contributed by atoms with Crippen LogP contribution in [0.15, 0.2) is 42.5 Å². The van der Waals surface area contributed by atoms with E-state index < -0.39 is 0 Å². The molecule has 0 atom stereocenters. The number of aromatic amines is 1. The first-order valence-electron chi connectivity index (χ1n) is 6.03. The van der Waals surface area contributed by atoms with E-state index in [2.05, 4.69) is 28.3 Å². The van der Waals surface area contributed by atoms with Crippen molar-refractivity contribution in [3.63, 3.8) is 0 Å². The van der Waals surface area contributed by atoms with Crippen molar-refractivity contribution in [1.82, 2.24) is 9.97 Å². The number of hydrogen-bond donors (Lipinski definition) is 2. The van der Waals surface area contributed by atoms with Gasteiger partial charge >= 0.3 is 0 Å². The summed E-state index contributed by atoms with van der Waals surface area (Å²) < 4.78 is 0. The Bertz CT molecular complexity index is 746. The van der Waals surface area contributed by atoms with Gasteiger partial charge in [-0.15, -0.1) is 0 Å². The Balaban J connectivity index is 2.08. The Morgan fingerprint density at radius 3 is 2.95 bits per heavy atom. The monoisotopic (exact) mass is 251 g/mol. The van der Waals surface area contributed by atoms with Gasteiger partial charge in [-0.2, -0.15) is 0 Å². The van der Waals surface area contributed by atoms with E-state index in [0.29, 0.717) is 6.41 Å². The van der Waals surface area contributed by atoms with E-state index >= 15 is 0 Å². The fraction of sp³-hybridized carbons (Fsp3) is 0.0667. The summed E-state index contributed by atoms with van der Waals surface area (Å²) in [5.41, 5.74) is 4.85.